The molecule has 0 saturated carbocycles. The predicted octanol–water partition coefficient (Wildman–Crippen LogP) is 5.24. The van der Waals surface area contributed by atoms with Gasteiger partial charge in [-0.1, -0.05) is 48.0 Å². The monoisotopic (exact) mass is 447 g/mol. The number of pyridine rings is 1. The number of benzene rings is 2. The number of hydrogen-bond donors (Lipinski definition) is 2. The second-order valence-corrected chi connectivity index (χ2v) is 8.39. The minimum atomic E-state index is -0.166. The smallest absolute Gasteiger partial charge is 0.244 e. The number of aromatic amines is 1. The fourth-order valence-electron chi connectivity index (χ4n) is 3.06. The molecule has 8 heteroatoms. The summed E-state index contributed by atoms with van der Waals surface area (Å²) >= 11 is 6.99. The summed E-state index contributed by atoms with van der Waals surface area (Å²) in [5, 5.41) is 11.0. The van der Waals surface area contributed by atoms with E-state index in [2.05, 4.69) is 20.5 Å². The standard InChI is InChI=1S/C23H21N5OS2/c1-16-8-10-18(11-9-16)22-26-27-23(30)28(22)14-20(29)25-19-6-4-5-17(13-19)15-31-21-7-2-3-12-24-21/h2-13H,14-15H2,1H3,(H,25,29)(H,27,30). The maximum absolute atomic E-state index is 12.7. The van der Waals surface area contributed by atoms with Crippen molar-refractivity contribution in [3.63, 3.8) is 0 Å². The molecule has 2 aromatic carbocycles. The number of carbonyl (C=O) groups is 1. The lowest BCUT2D eigenvalue weighted by Gasteiger charge is -2.10. The van der Waals surface area contributed by atoms with Crippen LogP contribution in [-0.2, 0) is 17.1 Å². The van der Waals surface area contributed by atoms with Crippen molar-refractivity contribution >= 4 is 35.6 Å². The van der Waals surface area contributed by atoms with Crippen molar-refractivity contribution in [2.75, 3.05) is 5.32 Å². The van der Waals surface area contributed by atoms with Crippen LogP contribution < -0.4 is 5.32 Å². The van der Waals surface area contributed by atoms with Gasteiger partial charge in [-0.25, -0.2) is 4.98 Å². The predicted molar refractivity (Wildman–Crippen MR) is 126 cm³/mol. The third-order valence-electron chi connectivity index (χ3n) is 4.60. The van der Waals surface area contributed by atoms with Crippen molar-refractivity contribution in [3.8, 4) is 11.4 Å². The summed E-state index contributed by atoms with van der Waals surface area (Å²) in [6, 6.07) is 21.6. The highest BCUT2D eigenvalue weighted by molar-refractivity contribution is 7.98. The van der Waals surface area contributed by atoms with Gasteiger partial charge in [0.15, 0.2) is 10.6 Å². The fraction of sp³-hybridized carbons (Fsp3) is 0.130. The lowest BCUT2D eigenvalue weighted by molar-refractivity contribution is -0.116. The van der Waals surface area contributed by atoms with Crippen molar-refractivity contribution < 1.29 is 4.79 Å². The zero-order chi connectivity index (χ0) is 21.6. The Morgan fingerprint density at radius 3 is 2.74 bits per heavy atom. The van der Waals surface area contributed by atoms with Crippen LogP contribution in [0.4, 0.5) is 5.69 Å². The first-order valence-electron chi connectivity index (χ1n) is 9.73. The van der Waals surface area contributed by atoms with E-state index in [9.17, 15) is 4.79 Å². The molecular weight excluding hydrogens is 426 g/mol. The van der Waals surface area contributed by atoms with Crippen molar-refractivity contribution in [2.45, 2.75) is 24.2 Å². The summed E-state index contributed by atoms with van der Waals surface area (Å²) in [4.78, 5) is 17.0. The molecule has 4 aromatic rings. The van der Waals surface area contributed by atoms with Gasteiger partial charge >= 0.3 is 0 Å². The number of carbonyl (C=O) groups excluding carboxylic acids is 1. The molecular formula is C23H21N5OS2. The van der Waals surface area contributed by atoms with Crippen LogP contribution in [0.2, 0.25) is 0 Å². The maximum Gasteiger partial charge on any atom is 0.244 e. The molecule has 2 aromatic heterocycles. The molecule has 0 bridgehead atoms. The van der Waals surface area contributed by atoms with E-state index in [1.54, 1.807) is 22.5 Å². The van der Waals surface area contributed by atoms with E-state index < -0.39 is 0 Å². The Morgan fingerprint density at radius 1 is 1.13 bits per heavy atom. The molecule has 0 aliphatic rings. The van der Waals surface area contributed by atoms with Gasteiger partial charge in [-0.05, 0) is 49.0 Å². The van der Waals surface area contributed by atoms with Crippen LogP contribution in [0.5, 0.6) is 0 Å². The van der Waals surface area contributed by atoms with E-state index in [0.29, 0.717) is 10.6 Å². The molecule has 4 rings (SSSR count). The van der Waals surface area contributed by atoms with Gasteiger partial charge in [0.25, 0.3) is 0 Å². The van der Waals surface area contributed by atoms with Gasteiger partial charge in [0.1, 0.15) is 6.54 Å². The number of amides is 1. The van der Waals surface area contributed by atoms with Crippen molar-refractivity contribution in [1.82, 2.24) is 19.7 Å². The van der Waals surface area contributed by atoms with Crippen LogP contribution in [0.3, 0.4) is 0 Å². The van der Waals surface area contributed by atoms with Gasteiger partial charge < -0.3 is 5.32 Å². The van der Waals surface area contributed by atoms with E-state index in [1.807, 2.05) is 73.7 Å². The van der Waals surface area contributed by atoms with E-state index in [1.165, 1.54) is 0 Å². The Kier molecular flexibility index (Phi) is 6.59. The molecule has 2 heterocycles. The minimum absolute atomic E-state index is 0.0749. The number of thioether (sulfide) groups is 1. The average molecular weight is 448 g/mol. The Labute approximate surface area is 189 Å². The molecule has 0 saturated heterocycles. The summed E-state index contributed by atoms with van der Waals surface area (Å²) in [6.45, 7) is 2.10. The van der Waals surface area contributed by atoms with E-state index >= 15 is 0 Å². The van der Waals surface area contributed by atoms with Crippen LogP contribution >= 0.6 is 24.0 Å². The minimum Gasteiger partial charge on any atom is -0.325 e. The second kappa shape index (κ2) is 9.72. The van der Waals surface area contributed by atoms with Crippen LogP contribution in [0.25, 0.3) is 11.4 Å². The highest BCUT2D eigenvalue weighted by atomic mass is 32.2. The Morgan fingerprint density at radius 2 is 1.97 bits per heavy atom. The van der Waals surface area contributed by atoms with Crippen LogP contribution in [0.1, 0.15) is 11.1 Å². The van der Waals surface area contributed by atoms with Gasteiger partial charge in [0.2, 0.25) is 5.91 Å². The molecule has 156 valence electrons. The zero-order valence-electron chi connectivity index (χ0n) is 16.9. The topological polar surface area (TPSA) is 75.6 Å². The highest BCUT2D eigenvalue weighted by Gasteiger charge is 2.13. The third-order valence-corrected chi connectivity index (χ3v) is 5.93. The van der Waals surface area contributed by atoms with Crippen molar-refractivity contribution in [3.05, 3.63) is 88.8 Å². The van der Waals surface area contributed by atoms with Gasteiger partial charge in [-0.3, -0.25) is 14.5 Å². The number of rotatable bonds is 7. The lowest BCUT2D eigenvalue weighted by atomic mass is 10.1. The fourth-order valence-corrected chi connectivity index (χ4v) is 4.06. The third kappa shape index (κ3) is 5.48. The van der Waals surface area contributed by atoms with Crippen LogP contribution in [0, 0.1) is 11.7 Å². The Bertz CT molecular complexity index is 1230. The second-order valence-electron chi connectivity index (χ2n) is 7.01. The molecule has 0 aliphatic carbocycles. The molecule has 31 heavy (non-hydrogen) atoms. The molecule has 0 aliphatic heterocycles. The van der Waals surface area contributed by atoms with Gasteiger partial charge in [-0.15, -0.1) is 11.8 Å². The van der Waals surface area contributed by atoms with Crippen LogP contribution in [-0.4, -0.2) is 25.7 Å². The van der Waals surface area contributed by atoms with Crippen molar-refractivity contribution in [2.24, 2.45) is 0 Å². The number of nitrogens with zero attached hydrogens (tertiary/aromatic N) is 3. The molecule has 1 amide bonds. The first-order valence-corrected chi connectivity index (χ1v) is 11.1. The molecule has 0 radical (unpaired) electrons. The summed E-state index contributed by atoms with van der Waals surface area (Å²) in [5.74, 6) is 1.24. The number of aryl methyl sites for hydroxylation is 1. The number of anilines is 1. The van der Waals surface area contributed by atoms with Gasteiger partial charge in [0, 0.05) is 23.2 Å². The van der Waals surface area contributed by atoms with E-state index in [0.717, 1.165) is 33.2 Å². The average Bonchev–Trinajstić information content (AvgIpc) is 3.14. The SMILES string of the molecule is Cc1ccc(-c2n[nH]c(=S)n2CC(=O)Nc2cccc(CSc3ccccn3)c2)cc1. The number of nitrogens with one attached hydrogen (secondary N) is 2. The first kappa shape index (κ1) is 21.0. The van der Waals surface area contributed by atoms with E-state index in [4.69, 9.17) is 12.2 Å². The molecule has 0 atom stereocenters. The van der Waals surface area contributed by atoms with Crippen LogP contribution in [0.15, 0.2) is 78.0 Å². The largest absolute Gasteiger partial charge is 0.325 e. The van der Waals surface area contributed by atoms with Gasteiger partial charge in [-0.2, -0.15) is 5.10 Å². The quantitative estimate of drug-likeness (QED) is 0.299. The Hall–Kier alpha value is -3.23. The maximum atomic E-state index is 12.7. The highest BCUT2D eigenvalue weighted by Crippen LogP contribution is 2.22. The normalized spacial score (nSPS) is 10.7. The first-order chi connectivity index (χ1) is 15.1. The lowest BCUT2D eigenvalue weighted by Crippen LogP contribution is -2.19. The summed E-state index contributed by atoms with van der Waals surface area (Å²) in [7, 11) is 0. The Balaban J connectivity index is 1.43. The number of hydrogen-bond acceptors (Lipinski definition) is 5. The number of H-pyrrole nitrogens is 1. The molecule has 0 spiro atoms. The van der Waals surface area contributed by atoms with Gasteiger partial charge in [0.05, 0.1) is 5.03 Å². The molecule has 6 nitrogen and oxygen atoms in total. The summed E-state index contributed by atoms with van der Waals surface area (Å²) in [5.41, 5.74) is 3.91. The zero-order valence-corrected chi connectivity index (χ0v) is 18.5. The summed E-state index contributed by atoms with van der Waals surface area (Å²) in [6.07, 6.45) is 1.78. The summed E-state index contributed by atoms with van der Waals surface area (Å²) < 4.78 is 2.11. The molecule has 2 N–H and O–H groups in total. The van der Waals surface area contributed by atoms with Crippen molar-refractivity contribution in [1.29, 1.82) is 0 Å². The molecule has 0 unspecified atom stereocenters. The number of aromatic nitrogens is 4. The molecule has 0 fully saturated rings. The van der Waals surface area contributed by atoms with E-state index in [-0.39, 0.29) is 12.5 Å².